The highest BCUT2D eigenvalue weighted by molar-refractivity contribution is 5.59. The lowest BCUT2D eigenvalue weighted by molar-refractivity contribution is -0.385. The summed E-state index contributed by atoms with van der Waals surface area (Å²) in [5.74, 6) is -0.0171. The van der Waals surface area contributed by atoms with Gasteiger partial charge in [0.1, 0.15) is 5.82 Å². The molecule has 6 nitrogen and oxygen atoms in total. The number of halogens is 1. The average Bonchev–Trinajstić information content (AvgIpc) is 2.77. The van der Waals surface area contributed by atoms with Crippen molar-refractivity contribution in [3.8, 4) is 11.5 Å². The monoisotopic (exact) mass is 412 g/mol. The van der Waals surface area contributed by atoms with Crippen molar-refractivity contribution in [3.05, 3.63) is 87.8 Å². The van der Waals surface area contributed by atoms with Crippen molar-refractivity contribution in [2.24, 2.45) is 0 Å². The lowest BCUT2D eigenvalue weighted by Gasteiger charge is -2.36. The molecule has 0 radical (unpaired) electrons. The zero-order valence-electron chi connectivity index (χ0n) is 17.2. The quantitative estimate of drug-likeness (QED) is 0.483. The molecule has 0 bridgehead atoms. The van der Waals surface area contributed by atoms with Crippen molar-refractivity contribution in [1.29, 1.82) is 0 Å². The Kier molecular flexibility index (Phi) is 6.52. The number of nitrogens with zero attached hydrogens (tertiary/aromatic N) is 1. The molecule has 1 unspecified atom stereocenters. The highest BCUT2D eigenvalue weighted by atomic mass is 19.1. The van der Waals surface area contributed by atoms with E-state index in [9.17, 15) is 14.5 Å². The summed E-state index contributed by atoms with van der Waals surface area (Å²) in [6.07, 6.45) is 9.73. The Labute approximate surface area is 175 Å². The SMILES string of the molecule is CC[C@@]1(NC(c2ccc(F)cc2)c2cc(OC)c(OC)c([N+](=O)[O-])c2)C=CC=CC1. The third kappa shape index (κ3) is 4.36. The number of hydrogen-bond donors (Lipinski definition) is 1. The molecule has 0 aromatic heterocycles. The normalized spacial score (nSPS) is 18.8. The molecular formula is C23H25FN2O4. The largest absolute Gasteiger partial charge is 0.493 e. The van der Waals surface area contributed by atoms with Crippen LogP contribution in [0.4, 0.5) is 10.1 Å². The van der Waals surface area contributed by atoms with Gasteiger partial charge in [0.05, 0.1) is 25.2 Å². The fraction of sp³-hybridized carbons (Fsp3) is 0.304. The van der Waals surface area contributed by atoms with Gasteiger partial charge in [-0.3, -0.25) is 15.4 Å². The minimum atomic E-state index is -0.495. The number of nitrogens with one attached hydrogen (secondary N) is 1. The number of methoxy groups -OCH3 is 2. The molecule has 1 aliphatic carbocycles. The molecule has 2 aromatic rings. The molecule has 1 N–H and O–H groups in total. The van der Waals surface area contributed by atoms with Crippen LogP contribution in [0.5, 0.6) is 11.5 Å². The summed E-state index contributed by atoms with van der Waals surface area (Å²) in [7, 11) is 2.80. The fourth-order valence-corrected chi connectivity index (χ4v) is 3.71. The highest BCUT2D eigenvalue weighted by Crippen LogP contribution is 2.41. The van der Waals surface area contributed by atoms with Crippen LogP contribution < -0.4 is 14.8 Å². The molecule has 0 fully saturated rings. The fourth-order valence-electron chi connectivity index (χ4n) is 3.71. The van der Waals surface area contributed by atoms with Gasteiger partial charge in [0.25, 0.3) is 0 Å². The zero-order valence-corrected chi connectivity index (χ0v) is 17.2. The van der Waals surface area contributed by atoms with Crippen LogP contribution in [0.2, 0.25) is 0 Å². The van der Waals surface area contributed by atoms with Gasteiger partial charge in [-0.25, -0.2) is 4.39 Å². The summed E-state index contributed by atoms with van der Waals surface area (Å²) in [5, 5.41) is 15.3. The van der Waals surface area contributed by atoms with Gasteiger partial charge in [-0.1, -0.05) is 43.4 Å². The lowest BCUT2D eigenvalue weighted by atomic mass is 9.85. The number of benzene rings is 2. The Morgan fingerprint density at radius 2 is 1.90 bits per heavy atom. The van der Waals surface area contributed by atoms with Gasteiger partial charge >= 0.3 is 5.69 Å². The van der Waals surface area contributed by atoms with Gasteiger partial charge in [0, 0.05) is 11.6 Å². The van der Waals surface area contributed by atoms with Gasteiger partial charge in [-0.2, -0.15) is 0 Å². The molecule has 0 heterocycles. The molecule has 0 spiro atoms. The third-order valence-corrected chi connectivity index (χ3v) is 5.42. The molecule has 0 saturated carbocycles. The highest BCUT2D eigenvalue weighted by Gasteiger charge is 2.32. The number of hydrogen-bond acceptors (Lipinski definition) is 5. The zero-order chi connectivity index (χ0) is 21.7. The summed E-state index contributed by atoms with van der Waals surface area (Å²) in [5.41, 5.74) is 0.885. The summed E-state index contributed by atoms with van der Waals surface area (Å²) in [6, 6.07) is 8.90. The van der Waals surface area contributed by atoms with Crippen LogP contribution in [0.1, 0.15) is 36.9 Å². The van der Waals surface area contributed by atoms with Gasteiger partial charge in [-0.05, 0) is 42.2 Å². The second-order valence-corrected chi connectivity index (χ2v) is 7.16. The van der Waals surface area contributed by atoms with E-state index in [1.54, 1.807) is 18.2 Å². The maximum atomic E-state index is 13.6. The first-order chi connectivity index (χ1) is 14.4. The number of nitro groups is 1. The topological polar surface area (TPSA) is 73.6 Å². The first-order valence-electron chi connectivity index (χ1n) is 9.71. The Balaban J connectivity index is 2.16. The minimum Gasteiger partial charge on any atom is -0.493 e. The Morgan fingerprint density at radius 1 is 1.17 bits per heavy atom. The van der Waals surface area contributed by atoms with E-state index >= 15 is 0 Å². The summed E-state index contributed by atoms with van der Waals surface area (Å²) < 4.78 is 24.2. The van der Waals surface area contributed by atoms with Gasteiger partial charge < -0.3 is 9.47 Å². The van der Waals surface area contributed by atoms with Crippen molar-refractivity contribution < 1.29 is 18.8 Å². The van der Waals surface area contributed by atoms with E-state index in [4.69, 9.17) is 9.47 Å². The predicted octanol–water partition coefficient (Wildman–Crippen LogP) is 5.10. The van der Waals surface area contributed by atoms with Gasteiger partial charge in [0.2, 0.25) is 5.75 Å². The summed E-state index contributed by atoms with van der Waals surface area (Å²) in [6.45, 7) is 2.08. The van der Waals surface area contributed by atoms with Gasteiger partial charge in [-0.15, -0.1) is 0 Å². The van der Waals surface area contributed by atoms with Crippen LogP contribution in [0.3, 0.4) is 0 Å². The van der Waals surface area contributed by atoms with Crippen LogP contribution in [-0.2, 0) is 0 Å². The minimum absolute atomic E-state index is 0.0646. The first-order valence-corrected chi connectivity index (χ1v) is 9.71. The van der Waals surface area contributed by atoms with Crippen LogP contribution in [0.25, 0.3) is 0 Å². The average molecular weight is 412 g/mol. The standard InChI is InChI=1S/C23H25FN2O4/c1-4-23(12-6-5-7-13-23)25-21(16-8-10-18(24)11-9-16)17-14-19(26(27)28)22(30-3)20(15-17)29-2/h5-12,14-15,21,25H,4,13H2,1-3H3/t21?,23-/m1/s1. The molecule has 2 atom stereocenters. The maximum absolute atomic E-state index is 13.6. The van der Waals surface area contributed by atoms with Crippen LogP contribution in [0.15, 0.2) is 60.7 Å². The molecule has 0 saturated heterocycles. The van der Waals surface area contributed by atoms with E-state index in [1.807, 2.05) is 12.2 Å². The van der Waals surface area contributed by atoms with Crippen molar-refractivity contribution in [3.63, 3.8) is 0 Å². The van der Waals surface area contributed by atoms with E-state index in [-0.39, 0.29) is 28.5 Å². The van der Waals surface area contributed by atoms with E-state index in [1.165, 1.54) is 32.4 Å². The molecule has 0 amide bonds. The number of ether oxygens (including phenoxy) is 2. The second kappa shape index (κ2) is 9.09. The van der Waals surface area contributed by atoms with Crippen molar-refractivity contribution in [1.82, 2.24) is 5.32 Å². The molecule has 30 heavy (non-hydrogen) atoms. The van der Waals surface area contributed by atoms with Crippen molar-refractivity contribution in [2.75, 3.05) is 14.2 Å². The van der Waals surface area contributed by atoms with E-state index < -0.39 is 11.0 Å². The van der Waals surface area contributed by atoms with Crippen LogP contribution >= 0.6 is 0 Å². The smallest absolute Gasteiger partial charge is 0.315 e. The van der Waals surface area contributed by atoms with Crippen LogP contribution in [0, 0.1) is 15.9 Å². The number of rotatable bonds is 8. The second-order valence-electron chi connectivity index (χ2n) is 7.16. The molecular weight excluding hydrogens is 387 g/mol. The Bertz CT molecular complexity index is 972. The van der Waals surface area contributed by atoms with E-state index in [0.717, 1.165) is 18.4 Å². The van der Waals surface area contributed by atoms with Crippen molar-refractivity contribution in [2.45, 2.75) is 31.3 Å². The van der Waals surface area contributed by atoms with Crippen molar-refractivity contribution >= 4 is 5.69 Å². The maximum Gasteiger partial charge on any atom is 0.315 e. The van der Waals surface area contributed by atoms with E-state index in [0.29, 0.717) is 5.56 Å². The Morgan fingerprint density at radius 3 is 2.43 bits per heavy atom. The number of allylic oxidation sites excluding steroid dienone is 2. The molecule has 1 aliphatic rings. The predicted molar refractivity (Wildman–Crippen MR) is 113 cm³/mol. The van der Waals surface area contributed by atoms with Crippen LogP contribution in [-0.4, -0.2) is 24.7 Å². The molecule has 3 rings (SSSR count). The Hall–Kier alpha value is -3.19. The third-order valence-electron chi connectivity index (χ3n) is 5.42. The molecule has 7 heteroatoms. The van der Waals surface area contributed by atoms with E-state index in [2.05, 4.69) is 24.4 Å². The molecule has 158 valence electrons. The molecule has 2 aromatic carbocycles. The summed E-state index contributed by atoms with van der Waals surface area (Å²) in [4.78, 5) is 11.2. The first kappa shape index (κ1) is 21.5. The summed E-state index contributed by atoms with van der Waals surface area (Å²) >= 11 is 0. The lowest BCUT2D eigenvalue weighted by Crippen LogP contribution is -2.45. The van der Waals surface area contributed by atoms with Gasteiger partial charge in [0.15, 0.2) is 5.75 Å². The molecule has 0 aliphatic heterocycles. The number of nitro benzene ring substituents is 1.